The Hall–Kier alpha value is -2.04. The van der Waals surface area contributed by atoms with E-state index in [1.807, 2.05) is 13.0 Å². The third-order valence-corrected chi connectivity index (χ3v) is 3.55. The fourth-order valence-electron chi connectivity index (χ4n) is 2.11. The van der Waals surface area contributed by atoms with Crippen LogP contribution in [0.25, 0.3) is 22.4 Å². The Bertz CT molecular complexity index is 906. The van der Waals surface area contributed by atoms with Crippen molar-refractivity contribution in [2.45, 2.75) is 6.92 Å². The van der Waals surface area contributed by atoms with Crippen molar-refractivity contribution in [2.75, 3.05) is 6.61 Å². The molecule has 0 saturated heterocycles. The van der Waals surface area contributed by atoms with Crippen LogP contribution in [0.15, 0.2) is 45.6 Å². The summed E-state index contributed by atoms with van der Waals surface area (Å²) in [5, 5.41) is 0.914. The van der Waals surface area contributed by atoms with E-state index in [1.165, 1.54) is 12.1 Å². The third kappa shape index (κ3) is 2.80. The van der Waals surface area contributed by atoms with Crippen molar-refractivity contribution in [3.8, 4) is 17.2 Å². The van der Waals surface area contributed by atoms with Gasteiger partial charge in [-0.1, -0.05) is 29.3 Å². The normalized spacial score (nSPS) is 10.9. The van der Waals surface area contributed by atoms with Crippen LogP contribution in [0.4, 0.5) is 0 Å². The van der Waals surface area contributed by atoms with Crippen LogP contribution >= 0.6 is 23.2 Å². The van der Waals surface area contributed by atoms with Gasteiger partial charge in [-0.3, -0.25) is 0 Å². The Morgan fingerprint density at radius 1 is 1.23 bits per heavy atom. The second-order valence-corrected chi connectivity index (χ2v) is 5.39. The smallest absolute Gasteiger partial charge is 0.347 e. The van der Waals surface area contributed by atoms with Gasteiger partial charge in [0.15, 0.2) is 0 Å². The molecule has 0 aliphatic rings. The van der Waals surface area contributed by atoms with Gasteiger partial charge in [0, 0.05) is 10.6 Å². The molecular formula is C16H11Cl2NO3. The Balaban J connectivity index is 2.20. The van der Waals surface area contributed by atoms with Gasteiger partial charge in [-0.25, -0.2) is 9.78 Å². The molecule has 0 fully saturated rings. The summed E-state index contributed by atoms with van der Waals surface area (Å²) in [5.74, 6) is 0.857. The van der Waals surface area contributed by atoms with Gasteiger partial charge in [-0.15, -0.1) is 0 Å². The van der Waals surface area contributed by atoms with Crippen molar-refractivity contribution in [1.82, 2.24) is 4.98 Å². The first-order valence-electron chi connectivity index (χ1n) is 6.61. The van der Waals surface area contributed by atoms with Crippen LogP contribution in [0.2, 0.25) is 10.0 Å². The summed E-state index contributed by atoms with van der Waals surface area (Å²) in [4.78, 5) is 16.5. The van der Waals surface area contributed by atoms with Crippen LogP contribution in [0, 0.1) is 0 Å². The lowest BCUT2D eigenvalue weighted by Crippen LogP contribution is -2.03. The molecule has 0 radical (unpaired) electrons. The van der Waals surface area contributed by atoms with E-state index in [0.717, 1.165) is 0 Å². The monoisotopic (exact) mass is 335 g/mol. The largest absolute Gasteiger partial charge is 0.494 e. The maximum Gasteiger partial charge on any atom is 0.347 e. The topological polar surface area (TPSA) is 52.3 Å². The molecule has 0 N–H and O–H groups in total. The zero-order chi connectivity index (χ0) is 15.7. The average Bonchev–Trinajstić information content (AvgIpc) is 2.49. The molecule has 0 amide bonds. The molecule has 0 aliphatic carbocycles. The van der Waals surface area contributed by atoms with E-state index >= 15 is 0 Å². The predicted molar refractivity (Wildman–Crippen MR) is 86.9 cm³/mol. The van der Waals surface area contributed by atoms with Gasteiger partial charge in [0.1, 0.15) is 11.3 Å². The molecule has 1 heterocycles. The highest BCUT2D eigenvalue weighted by Crippen LogP contribution is 2.28. The highest BCUT2D eigenvalue weighted by atomic mass is 35.5. The maximum absolute atomic E-state index is 12.1. The minimum Gasteiger partial charge on any atom is -0.494 e. The molecule has 3 aromatic rings. The van der Waals surface area contributed by atoms with Gasteiger partial charge in [-0.05, 0) is 37.3 Å². The molecule has 0 spiro atoms. The summed E-state index contributed by atoms with van der Waals surface area (Å²) >= 11 is 12.0. The van der Waals surface area contributed by atoms with Crippen LogP contribution in [0.5, 0.6) is 5.75 Å². The van der Waals surface area contributed by atoms with Gasteiger partial charge in [-0.2, -0.15) is 0 Å². The molecule has 0 atom stereocenters. The van der Waals surface area contributed by atoms with Gasteiger partial charge in [0.25, 0.3) is 0 Å². The number of aromatic nitrogens is 1. The van der Waals surface area contributed by atoms with Gasteiger partial charge < -0.3 is 9.15 Å². The lowest BCUT2D eigenvalue weighted by molar-refractivity contribution is 0.340. The molecule has 0 aliphatic heterocycles. The number of fused-ring (bicyclic) bond motifs is 1. The quantitative estimate of drug-likeness (QED) is 0.703. The number of hydrogen-bond donors (Lipinski definition) is 0. The van der Waals surface area contributed by atoms with Crippen molar-refractivity contribution in [3.63, 3.8) is 0 Å². The highest BCUT2D eigenvalue weighted by Gasteiger charge is 2.12. The molecule has 4 nitrogen and oxygen atoms in total. The summed E-state index contributed by atoms with van der Waals surface area (Å²) in [6.45, 7) is 2.44. The van der Waals surface area contributed by atoms with Crippen molar-refractivity contribution in [1.29, 1.82) is 0 Å². The lowest BCUT2D eigenvalue weighted by atomic mass is 10.2. The van der Waals surface area contributed by atoms with Crippen molar-refractivity contribution in [2.24, 2.45) is 0 Å². The zero-order valence-electron chi connectivity index (χ0n) is 11.6. The fourth-order valence-corrected chi connectivity index (χ4v) is 2.65. The molecule has 6 heteroatoms. The van der Waals surface area contributed by atoms with Crippen LogP contribution in [-0.4, -0.2) is 11.6 Å². The summed E-state index contributed by atoms with van der Waals surface area (Å²) in [7, 11) is 0. The van der Waals surface area contributed by atoms with Crippen molar-refractivity contribution >= 4 is 34.1 Å². The number of hydrogen-bond acceptors (Lipinski definition) is 4. The highest BCUT2D eigenvalue weighted by molar-refractivity contribution is 6.38. The van der Waals surface area contributed by atoms with E-state index in [1.54, 1.807) is 18.2 Å². The average molecular weight is 336 g/mol. The van der Waals surface area contributed by atoms with E-state index < -0.39 is 5.63 Å². The number of rotatable bonds is 3. The minimum atomic E-state index is -0.536. The first kappa shape index (κ1) is 14.9. The van der Waals surface area contributed by atoms with E-state index in [9.17, 15) is 4.79 Å². The molecule has 0 bridgehead atoms. The SMILES string of the molecule is CCOc1cccc(-c2nc3c(Cl)cc(Cl)cc3c(=O)o2)c1. The second kappa shape index (κ2) is 5.99. The van der Waals surface area contributed by atoms with Gasteiger partial charge >= 0.3 is 5.63 Å². The summed E-state index contributed by atoms with van der Waals surface area (Å²) in [6, 6.07) is 10.2. The Morgan fingerprint density at radius 3 is 2.82 bits per heavy atom. The lowest BCUT2D eigenvalue weighted by Gasteiger charge is -2.06. The fraction of sp³-hybridized carbons (Fsp3) is 0.125. The van der Waals surface area contributed by atoms with Crippen LogP contribution in [0.3, 0.4) is 0 Å². The van der Waals surface area contributed by atoms with E-state index in [4.69, 9.17) is 32.4 Å². The first-order valence-corrected chi connectivity index (χ1v) is 7.37. The molecule has 3 rings (SSSR count). The number of benzene rings is 2. The second-order valence-electron chi connectivity index (χ2n) is 4.55. The minimum absolute atomic E-state index is 0.184. The van der Waals surface area contributed by atoms with E-state index in [-0.39, 0.29) is 11.3 Å². The maximum atomic E-state index is 12.1. The standard InChI is InChI=1S/C16H11Cl2NO3/c1-2-21-11-5-3-4-9(6-11)15-19-14-12(16(20)22-15)7-10(17)8-13(14)18/h3-8H,2H2,1H3. The van der Waals surface area contributed by atoms with Crippen molar-refractivity contribution in [3.05, 3.63) is 56.9 Å². The molecule has 1 aromatic heterocycles. The number of halogens is 2. The number of nitrogens with zero attached hydrogens (tertiary/aromatic N) is 1. The van der Waals surface area contributed by atoms with Crippen LogP contribution in [0.1, 0.15) is 6.92 Å². The zero-order valence-corrected chi connectivity index (χ0v) is 13.1. The third-order valence-electron chi connectivity index (χ3n) is 3.04. The van der Waals surface area contributed by atoms with E-state index in [0.29, 0.717) is 33.5 Å². The molecular weight excluding hydrogens is 325 g/mol. The summed E-state index contributed by atoms with van der Waals surface area (Å²) in [5.41, 5.74) is 0.460. The summed E-state index contributed by atoms with van der Waals surface area (Å²) < 4.78 is 10.7. The summed E-state index contributed by atoms with van der Waals surface area (Å²) in [6.07, 6.45) is 0. The van der Waals surface area contributed by atoms with Gasteiger partial charge in [0.2, 0.25) is 5.89 Å². The van der Waals surface area contributed by atoms with Crippen LogP contribution in [-0.2, 0) is 0 Å². The van der Waals surface area contributed by atoms with Gasteiger partial charge in [0.05, 0.1) is 17.0 Å². The molecule has 22 heavy (non-hydrogen) atoms. The predicted octanol–water partition coefficient (Wildman–Crippen LogP) is 4.56. The molecule has 0 saturated carbocycles. The van der Waals surface area contributed by atoms with Crippen LogP contribution < -0.4 is 10.4 Å². The van der Waals surface area contributed by atoms with Crippen molar-refractivity contribution < 1.29 is 9.15 Å². The first-order chi connectivity index (χ1) is 10.6. The Kier molecular flexibility index (Phi) is 4.05. The van der Waals surface area contributed by atoms with E-state index in [2.05, 4.69) is 4.98 Å². The Morgan fingerprint density at radius 2 is 2.05 bits per heavy atom. The molecule has 112 valence electrons. The molecule has 2 aromatic carbocycles. The Labute approximate surface area is 136 Å². The number of ether oxygens (including phenoxy) is 1. The molecule has 0 unspecified atom stereocenters.